The predicted octanol–water partition coefficient (Wildman–Crippen LogP) is 3.63. The molecule has 2 heterocycles. The van der Waals surface area contributed by atoms with Crippen molar-refractivity contribution in [3.05, 3.63) is 106 Å². The van der Waals surface area contributed by atoms with Gasteiger partial charge in [-0.3, -0.25) is 9.11 Å². The van der Waals surface area contributed by atoms with Gasteiger partial charge < -0.3 is 30.3 Å². The van der Waals surface area contributed by atoms with E-state index in [2.05, 4.69) is 61.0 Å². The van der Waals surface area contributed by atoms with Crippen molar-refractivity contribution in [1.82, 2.24) is 29.9 Å². The molecule has 0 spiro atoms. The zero-order valence-corrected chi connectivity index (χ0v) is 44.7. The SMILES string of the molecule is COc1cc(-c2ccc(N=Nc3c(S(=O)(=O)O)cc4cc(Nc5nc(Cl)nc(Cl)n5)ccc4c3[O-])c(OC)c2)ccc1N=Nc1c(S(=O)(=O)O)cc2cc(Nc3nc(Cl)nc(Cl)n3)ccc2c1[O-].[Na+].[Na+]. The molecule has 0 radical (unpaired) electrons. The number of anilines is 4. The summed E-state index contributed by atoms with van der Waals surface area (Å²) in [7, 11) is -7.37. The average Bonchev–Trinajstić information content (AvgIpc) is 3.26. The number of hydrogen-bond acceptors (Lipinski definition) is 20. The number of nitrogens with one attached hydrogen (secondary N) is 2. The smallest absolute Gasteiger partial charge is 0.871 e. The molecule has 8 rings (SSSR count). The van der Waals surface area contributed by atoms with E-state index in [4.69, 9.17) is 55.9 Å². The summed E-state index contributed by atoms with van der Waals surface area (Å²) in [6, 6.07) is 19.9. The zero-order chi connectivity index (χ0) is 48.7. The normalized spacial score (nSPS) is 11.7. The van der Waals surface area contributed by atoms with Gasteiger partial charge in [-0.1, -0.05) is 35.8 Å². The van der Waals surface area contributed by atoms with Crippen molar-refractivity contribution in [1.29, 1.82) is 0 Å². The number of nitrogens with zero attached hydrogens (tertiary/aromatic N) is 10. The number of rotatable bonds is 13. The fourth-order valence-electron chi connectivity index (χ4n) is 6.52. The fraction of sp³-hybridized carbons (Fsp3) is 0.0500. The van der Waals surface area contributed by atoms with E-state index in [0.29, 0.717) is 22.5 Å². The van der Waals surface area contributed by atoms with E-state index in [9.17, 15) is 36.2 Å². The molecule has 346 valence electrons. The number of ether oxygens (including phenoxy) is 2. The van der Waals surface area contributed by atoms with Gasteiger partial charge in [0.2, 0.25) is 33.0 Å². The van der Waals surface area contributed by atoms with Crippen LogP contribution in [0.5, 0.6) is 23.0 Å². The standard InChI is InChI=1S/C40H26Cl4N12O10S2.2Na/c1-65-27-13-17(3-9-25(27)53-55-31-29(67(59,60)61)15-19-11-21(5-7-23(19)33(31)57)45-39-49-35(41)47-36(42)50-39)18-4-10-26(28(14-18)66-2)54-56-32-30(68(62,63)64)16-20-12-22(6-8-24(20)34(32)58)46-40-51-37(43)48-38(44)52-40;;/h3-16,57-58H,1-2H3,(H,59,60,61)(H,62,63,64)(H,45,47,49,50)(H,46,48,51,52);;/q;2*+1/p-2. The molecule has 0 saturated heterocycles. The van der Waals surface area contributed by atoms with Crippen LogP contribution in [0.1, 0.15) is 0 Å². The van der Waals surface area contributed by atoms with Gasteiger partial charge in [0, 0.05) is 11.4 Å². The number of fused-ring (bicyclic) bond motifs is 2. The second-order valence-electron chi connectivity index (χ2n) is 13.7. The molecule has 2 aromatic heterocycles. The van der Waals surface area contributed by atoms with Crippen molar-refractivity contribution in [3.63, 3.8) is 0 Å². The first kappa shape index (κ1) is 54.2. The Hall–Kier alpha value is -5.16. The van der Waals surface area contributed by atoms with E-state index >= 15 is 0 Å². The summed E-state index contributed by atoms with van der Waals surface area (Å²) in [5.74, 6) is -1.54. The van der Waals surface area contributed by atoms with E-state index in [-0.39, 0.29) is 137 Å². The van der Waals surface area contributed by atoms with Gasteiger partial charge in [0.15, 0.2) is 0 Å². The Balaban J connectivity index is 0.00000402. The first-order chi connectivity index (χ1) is 32.3. The summed E-state index contributed by atoms with van der Waals surface area (Å²) in [6.45, 7) is 0. The van der Waals surface area contributed by atoms with Crippen LogP contribution >= 0.6 is 46.4 Å². The van der Waals surface area contributed by atoms with E-state index in [1.54, 1.807) is 24.3 Å². The summed E-state index contributed by atoms with van der Waals surface area (Å²) in [6.07, 6.45) is 0. The number of azo groups is 2. The van der Waals surface area contributed by atoms with Crippen LogP contribution in [-0.4, -0.2) is 70.1 Å². The number of aromatic nitrogens is 6. The fourth-order valence-corrected chi connectivity index (χ4v) is 8.56. The monoisotopic (exact) mass is 1080 g/mol. The first-order valence-corrected chi connectivity index (χ1v) is 23.1. The first-order valence-electron chi connectivity index (χ1n) is 18.7. The second-order valence-corrected chi connectivity index (χ2v) is 17.9. The maximum Gasteiger partial charge on any atom is 1.00 e. The van der Waals surface area contributed by atoms with Gasteiger partial charge in [0.25, 0.3) is 20.2 Å². The van der Waals surface area contributed by atoms with Crippen molar-refractivity contribution < 1.29 is 105 Å². The van der Waals surface area contributed by atoms with Gasteiger partial charge in [-0.25, -0.2) is 0 Å². The zero-order valence-electron chi connectivity index (χ0n) is 36.0. The molecule has 22 nitrogen and oxygen atoms in total. The summed E-state index contributed by atoms with van der Waals surface area (Å²) >= 11 is 23.4. The molecule has 30 heteroatoms. The van der Waals surface area contributed by atoms with Crippen LogP contribution in [0.25, 0.3) is 32.7 Å². The van der Waals surface area contributed by atoms with Crippen molar-refractivity contribution >= 4 is 134 Å². The van der Waals surface area contributed by atoms with Crippen LogP contribution < -0.4 is 89.4 Å². The van der Waals surface area contributed by atoms with Gasteiger partial charge in [0.1, 0.15) is 32.7 Å². The third kappa shape index (κ3) is 12.1. The number of benzene rings is 6. The molecule has 4 N–H and O–H groups in total. The Labute approximate surface area is 459 Å². The summed E-state index contributed by atoms with van der Waals surface area (Å²) < 4.78 is 81.6. The Morgan fingerprint density at radius 3 is 1.20 bits per heavy atom. The van der Waals surface area contributed by atoms with Crippen LogP contribution in [0.3, 0.4) is 0 Å². The van der Waals surface area contributed by atoms with Crippen LogP contribution in [0.2, 0.25) is 21.1 Å². The molecular formula is C40H24Cl4N12Na2O10S2. The molecule has 0 aliphatic heterocycles. The van der Waals surface area contributed by atoms with Crippen LogP contribution in [0.4, 0.5) is 46.0 Å². The quantitative estimate of drug-likeness (QED) is 0.0727. The van der Waals surface area contributed by atoms with Crippen LogP contribution in [-0.2, 0) is 20.2 Å². The Bertz CT molecular complexity index is 3400. The van der Waals surface area contributed by atoms with Gasteiger partial charge in [-0.05, 0) is 140 Å². The van der Waals surface area contributed by atoms with Crippen molar-refractivity contribution in [2.45, 2.75) is 9.79 Å². The molecule has 8 aromatic rings. The van der Waals surface area contributed by atoms with E-state index in [1.165, 1.54) is 62.8 Å². The van der Waals surface area contributed by atoms with E-state index in [0.717, 1.165) is 12.1 Å². The molecule has 0 aliphatic rings. The molecule has 70 heavy (non-hydrogen) atoms. The molecule has 0 saturated carbocycles. The Morgan fingerprint density at radius 1 is 0.514 bits per heavy atom. The van der Waals surface area contributed by atoms with Crippen molar-refractivity contribution in [2.24, 2.45) is 20.5 Å². The minimum atomic E-state index is -5.02. The van der Waals surface area contributed by atoms with Crippen LogP contribution in [0, 0.1) is 0 Å². The summed E-state index contributed by atoms with van der Waals surface area (Å²) in [4.78, 5) is 21.3. The average molecular weight is 1080 g/mol. The largest absolute Gasteiger partial charge is 1.00 e. The molecule has 0 unspecified atom stereocenters. The third-order valence-corrected chi connectivity index (χ3v) is 11.9. The molecular weight excluding hydrogens is 1060 g/mol. The molecule has 0 bridgehead atoms. The van der Waals surface area contributed by atoms with E-state index in [1.807, 2.05) is 0 Å². The van der Waals surface area contributed by atoms with Gasteiger partial charge >= 0.3 is 59.1 Å². The molecule has 0 fully saturated rings. The van der Waals surface area contributed by atoms with Gasteiger partial charge in [0.05, 0.1) is 25.6 Å². The van der Waals surface area contributed by atoms with Crippen LogP contribution in [0.15, 0.2) is 115 Å². The maximum absolute atomic E-state index is 13.7. The molecule has 0 atom stereocenters. The topological polar surface area (TPSA) is 324 Å². The predicted molar refractivity (Wildman–Crippen MR) is 246 cm³/mol. The number of hydrogen-bond donors (Lipinski definition) is 4. The third-order valence-electron chi connectivity index (χ3n) is 9.50. The molecule has 6 aromatic carbocycles. The number of methoxy groups -OCH3 is 2. The maximum atomic E-state index is 13.7. The minimum Gasteiger partial charge on any atom is -0.871 e. The second kappa shape index (κ2) is 22.1. The minimum absolute atomic E-state index is 0. The molecule has 0 aliphatic carbocycles. The summed E-state index contributed by atoms with van der Waals surface area (Å²) in [5.41, 5.74) is 0.450. The summed E-state index contributed by atoms with van der Waals surface area (Å²) in [5, 5.41) is 48.6. The van der Waals surface area contributed by atoms with Gasteiger partial charge in [-0.2, -0.15) is 46.7 Å². The van der Waals surface area contributed by atoms with Gasteiger partial charge in [-0.15, -0.1) is 20.5 Å². The van der Waals surface area contributed by atoms with Crippen molar-refractivity contribution in [2.75, 3.05) is 24.9 Å². The molecule has 0 amide bonds. The van der Waals surface area contributed by atoms with E-state index < -0.39 is 52.9 Å². The number of halogens is 4. The Morgan fingerprint density at radius 2 is 0.871 bits per heavy atom. The van der Waals surface area contributed by atoms with Crippen molar-refractivity contribution in [3.8, 4) is 34.1 Å². The Kier molecular flexibility index (Phi) is 17.1.